The van der Waals surface area contributed by atoms with Crippen molar-refractivity contribution in [3.8, 4) is 6.07 Å². The number of nitrogens with zero attached hydrogens (tertiary/aromatic N) is 1. The van der Waals surface area contributed by atoms with Gasteiger partial charge in [-0.05, 0) is 41.5 Å². The van der Waals surface area contributed by atoms with Crippen LogP contribution in [0.2, 0.25) is 0 Å². The summed E-state index contributed by atoms with van der Waals surface area (Å²) >= 11 is 0. The van der Waals surface area contributed by atoms with Crippen LogP contribution in [-0.4, -0.2) is 12.5 Å². The van der Waals surface area contributed by atoms with E-state index in [0.29, 0.717) is 6.42 Å². The molecule has 1 aromatic carbocycles. The Morgan fingerprint density at radius 3 is 2.21 bits per heavy atom. The quantitative estimate of drug-likeness (QED) is 0.848. The zero-order valence-electron chi connectivity index (χ0n) is 12.4. The van der Waals surface area contributed by atoms with Crippen molar-refractivity contribution in [3.63, 3.8) is 0 Å². The predicted molar refractivity (Wildman–Crippen MR) is 76.9 cm³/mol. The third kappa shape index (κ3) is 4.10. The fraction of sp³-hybridized carbons (Fsp3) is 0.500. The molecule has 1 amide bonds. The highest BCUT2D eigenvalue weighted by molar-refractivity contribution is 5.79. The van der Waals surface area contributed by atoms with Crippen molar-refractivity contribution in [1.82, 2.24) is 5.32 Å². The fourth-order valence-corrected chi connectivity index (χ4v) is 2.07. The number of hydrogen-bond donors (Lipinski definition) is 1. The highest BCUT2D eigenvalue weighted by atomic mass is 16.1. The molecule has 0 saturated carbocycles. The highest BCUT2D eigenvalue weighted by Gasteiger charge is 2.17. The van der Waals surface area contributed by atoms with E-state index in [4.69, 9.17) is 5.26 Å². The van der Waals surface area contributed by atoms with E-state index in [1.165, 1.54) is 5.56 Å². The maximum absolute atomic E-state index is 11.7. The molecule has 0 fully saturated rings. The summed E-state index contributed by atoms with van der Waals surface area (Å²) in [5, 5.41) is 11.0. The second-order valence-corrected chi connectivity index (χ2v) is 5.95. The van der Waals surface area contributed by atoms with Crippen molar-refractivity contribution >= 4 is 5.91 Å². The molecule has 3 heteroatoms. The number of nitriles is 1. The van der Waals surface area contributed by atoms with Gasteiger partial charge in [0, 0.05) is 0 Å². The number of hydrogen-bond acceptors (Lipinski definition) is 2. The van der Waals surface area contributed by atoms with Gasteiger partial charge in [-0.2, -0.15) is 5.26 Å². The molecule has 1 aromatic rings. The first-order chi connectivity index (χ1) is 8.75. The molecular weight excluding hydrogens is 236 g/mol. The Morgan fingerprint density at radius 2 is 1.79 bits per heavy atom. The van der Waals surface area contributed by atoms with Crippen molar-refractivity contribution < 1.29 is 4.79 Å². The Labute approximate surface area is 115 Å². The van der Waals surface area contributed by atoms with E-state index in [1.54, 1.807) is 0 Å². The molecule has 0 aliphatic heterocycles. The van der Waals surface area contributed by atoms with E-state index in [2.05, 4.69) is 38.2 Å². The monoisotopic (exact) mass is 258 g/mol. The maximum Gasteiger partial charge on any atom is 0.225 e. The second kappa shape index (κ2) is 5.88. The van der Waals surface area contributed by atoms with Crippen LogP contribution in [0.25, 0.3) is 0 Å². The average Bonchev–Trinajstić information content (AvgIpc) is 2.29. The van der Waals surface area contributed by atoms with Crippen LogP contribution in [-0.2, 0) is 16.6 Å². The number of aryl methyl sites for hydroxylation is 2. The third-order valence-electron chi connectivity index (χ3n) is 3.26. The number of carbonyl (C=O) groups excluding carboxylic acids is 1. The Bertz CT molecular complexity index is 496. The van der Waals surface area contributed by atoms with E-state index in [1.807, 2.05) is 19.9 Å². The first kappa shape index (κ1) is 15.2. The van der Waals surface area contributed by atoms with Gasteiger partial charge in [0.05, 0.1) is 12.5 Å². The molecule has 0 bridgehead atoms. The zero-order chi connectivity index (χ0) is 14.6. The lowest BCUT2D eigenvalue weighted by Crippen LogP contribution is -2.26. The van der Waals surface area contributed by atoms with Gasteiger partial charge < -0.3 is 5.32 Å². The molecule has 0 saturated heterocycles. The van der Waals surface area contributed by atoms with Crippen molar-refractivity contribution in [3.05, 3.63) is 34.4 Å². The summed E-state index contributed by atoms with van der Waals surface area (Å²) in [7, 11) is 0. The lowest BCUT2D eigenvalue weighted by molar-refractivity contribution is -0.120. The molecule has 3 nitrogen and oxygen atoms in total. The molecule has 0 aliphatic rings. The van der Waals surface area contributed by atoms with Gasteiger partial charge in [0.15, 0.2) is 0 Å². The Kier molecular flexibility index (Phi) is 4.72. The number of amides is 1. The molecular formula is C16H22N2O. The van der Waals surface area contributed by atoms with Gasteiger partial charge in [0.25, 0.3) is 0 Å². The van der Waals surface area contributed by atoms with Gasteiger partial charge in [0.1, 0.15) is 6.54 Å². The van der Waals surface area contributed by atoms with Gasteiger partial charge in [0.2, 0.25) is 5.91 Å². The first-order valence-corrected chi connectivity index (χ1v) is 6.50. The van der Waals surface area contributed by atoms with Gasteiger partial charge in [-0.3, -0.25) is 4.79 Å². The standard InChI is InChI=1S/C16H22N2O/c1-11-8-13(16(3,4)5)9-12(2)14(11)10-15(19)18-7-6-17/h8-9H,7,10H2,1-5H3,(H,18,19). The fourth-order valence-electron chi connectivity index (χ4n) is 2.07. The van der Waals surface area contributed by atoms with Crippen LogP contribution in [0.5, 0.6) is 0 Å². The highest BCUT2D eigenvalue weighted by Crippen LogP contribution is 2.27. The summed E-state index contributed by atoms with van der Waals surface area (Å²) in [6, 6.07) is 6.22. The number of nitrogens with one attached hydrogen (secondary N) is 1. The van der Waals surface area contributed by atoms with Crippen LogP contribution in [0.15, 0.2) is 12.1 Å². The topological polar surface area (TPSA) is 52.9 Å². The van der Waals surface area contributed by atoms with Crippen molar-refractivity contribution in [2.24, 2.45) is 0 Å². The molecule has 19 heavy (non-hydrogen) atoms. The average molecular weight is 258 g/mol. The smallest absolute Gasteiger partial charge is 0.225 e. The van der Waals surface area contributed by atoms with E-state index < -0.39 is 0 Å². The molecule has 0 aromatic heterocycles. The van der Waals surface area contributed by atoms with Crippen LogP contribution in [0.1, 0.15) is 43.0 Å². The lowest BCUT2D eigenvalue weighted by atomic mass is 9.83. The largest absolute Gasteiger partial charge is 0.343 e. The Morgan fingerprint density at radius 1 is 1.26 bits per heavy atom. The van der Waals surface area contributed by atoms with E-state index in [-0.39, 0.29) is 17.9 Å². The van der Waals surface area contributed by atoms with E-state index >= 15 is 0 Å². The van der Waals surface area contributed by atoms with Crippen LogP contribution < -0.4 is 5.32 Å². The number of carbonyl (C=O) groups is 1. The molecule has 1 N–H and O–H groups in total. The van der Waals surface area contributed by atoms with Crippen molar-refractivity contribution in [2.75, 3.05) is 6.54 Å². The summed E-state index contributed by atoms with van der Waals surface area (Å²) < 4.78 is 0. The molecule has 0 radical (unpaired) electrons. The predicted octanol–water partition coefficient (Wildman–Crippen LogP) is 2.78. The SMILES string of the molecule is Cc1cc(C(C)(C)C)cc(C)c1CC(=O)NCC#N. The normalized spacial score (nSPS) is 10.9. The first-order valence-electron chi connectivity index (χ1n) is 6.50. The number of rotatable bonds is 3. The summed E-state index contributed by atoms with van der Waals surface area (Å²) in [5.41, 5.74) is 4.72. The molecule has 0 spiro atoms. The van der Waals surface area contributed by atoms with Crippen LogP contribution in [0, 0.1) is 25.2 Å². The van der Waals surface area contributed by atoms with Crippen LogP contribution in [0.3, 0.4) is 0 Å². The Balaban J connectivity index is 2.99. The van der Waals surface area contributed by atoms with Crippen molar-refractivity contribution in [1.29, 1.82) is 5.26 Å². The minimum absolute atomic E-state index is 0.0665. The summed E-state index contributed by atoms with van der Waals surface area (Å²) in [4.78, 5) is 11.7. The molecule has 1 rings (SSSR count). The van der Waals surface area contributed by atoms with Gasteiger partial charge >= 0.3 is 0 Å². The van der Waals surface area contributed by atoms with Crippen molar-refractivity contribution in [2.45, 2.75) is 46.5 Å². The van der Waals surface area contributed by atoms with Gasteiger partial charge in [-0.25, -0.2) is 0 Å². The second-order valence-electron chi connectivity index (χ2n) is 5.95. The maximum atomic E-state index is 11.7. The molecule has 102 valence electrons. The van der Waals surface area contributed by atoms with E-state index in [9.17, 15) is 4.79 Å². The molecule has 0 heterocycles. The number of benzene rings is 1. The summed E-state index contributed by atoms with van der Waals surface area (Å²) in [6.07, 6.45) is 0.337. The van der Waals surface area contributed by atoms with Crippen LogP contribution >= 0.6 is 0 Å². The van der Waals surface area contributed by atoms with E-state index in [0.717, 1.165) is 16.7 Å². The zero-order valence-corrected chi connectivity index (χ0v) is 12.4. The third-order valence-corrected chi connectivity index (χ3v) is 3.26. The Hall–Kier alpha value is -1.82. The van der Waals surface area contributed by atoms with Gasteiger partial charge in [-0.1, -0.05) is 32.9 Å². The molecule has 0 atom stereocenters. The lowest BCUT2D eigenvalue weighted by Gasteiger charge is -2.22. The van der Waals surface area contributed by atoms with Gasteiger partial charge in [-0.15, -0.1) is 0 Å². The summed E-state index contributed by atoms with van der Waals surface area (Å²) in [5.74, 6) is -0.101. The molecule has 0 aliphatic carbocycles. The van der Waals surface area contributed by atoms with Crippen LogP contribution in [0.4, 0.5) is 0 Å². The molecule has 0 unspecified atom stereocenters. The minimum Gasteiger partial charge on any atom is -0.343 e. The minimum atomic E-state index is -0.101. The summed E-state index contributed by atoms with van der Waals surface area (Å²) in [6.45, 7) is 10.7.